The molecule has 3 atom stereocenters. The molecule has 0 aliphatic carbocycles. The Bertz CT molecular complexity index is 186. The van der Waals surface area contributed by atoms with Gasteiger partial charge in [-0.05, 0) is 33.2 Å². The summed E-state index contributed by atoms with van der Waals surface area (Å²) in [6.45, 7) is 3.83. The molecule has 0 aromatic carbocycles. The molecular weight excluding hydrogens is 264 g/mol. The van der Waals surface area contributed by atoms with Gasteiger partial charge in [-0.3, -0.25) is 4.79 Å². The van der Waals surface area contributed by atoms with E-state index in [0.29, 0.717) is 19.4 Å². The van der Waals surface area contributed by atoms with Crippen molar-refractivity contribution in [3.05, 3.63) is 0 Å². The summed E-state index contributed by atoms with van der Waals surface area (Å²) >= 11 is 0. The van der Waals surface area contributed by atoms with Crippen LogP contribution in [0.1, 0.15) is 26.7 Å². The lowest BCUT2D eigenvalue weighted by Gasteiger charge is -2.03. The second-order valence-corrected chi connectivity index (χ2v) is 6.17. The van der Waals surface area contributed by atoms with Gasteiger partial charge in [-0.25, -0.2) is 0 Å². The average molecular weight is 286 g/mol. The predicted molar refractivity (Wildman–Crippen MR) is 72.4 cm³/mol. The van der Waals surface area contributed by atoms with Crippen LogP contribution in [0, 0.1) is 0 Å². The highest BCUT2D eigenvalue weighted by Gasteiger charge is 2.08. The Hall–Kier alpha value is 0.01000. The van der Waals surface area contributed by atoms with Crippen molar-refractivity contribution in [1.29, 1.82) is 0 Å². The first-order valence-corrected chi connectivity index (χ1v) is 7.45. The van der Waals surface area contributed by atoms with Crippen LogP contribution >= 0.6 is 21.6 Å². The van der Waals surface area contributed by atoms with Crippen molar-refractivity contribution in [3.8, 4) is 0 Å². The van der Waals surface area contributed by atoms with Gasteiger partial charge >= 0.3 is 5.97 Å². The highest BCUT2D eigenvalue weighted by Crippen LogP contribution is 2.27. The van der Waals surface area contributed by atoms with Crippen LogP contribution in [0.2, 0.25) is 0 Å². The lowest BCUT2D eigenvalue weighted by Crippen LogP contribution is -2.30. The summed E-state index contributed by atoms with van der Waals surface area (Å²) < 4.78 is 0. The molecule has 17 heavy (non-hydrogen) atoms. The van der Waals surface area contributed by atoms with Gasteiger partial charge in [0.15, 0.2) is 0 Å². The predicted octanol–water partition coefficient (Wildman–Crippen LogP) is 0.182. The molecule has 0 amide bonds. The zero-order chi connectivity index (χ0) is 13.8. The van der Waals surface area contributed by atoms with Crippen molar-refractivity contribution in [2.75, 3.05) is 6.54 Å². The molecule has 0 aliphatic rings. The number of nitrogens with two attached hydrogens (primary N) is 2. The lowest BCUT2D eigenvalue weighted by atomic mass is 10.2. The van der Waals surface area contributed by atoms with Gasteiger partial charge < -0.3 is 26.8 Å². The number of rotatable bonds is 7. The molecule has 0 saturated carbocycles. The molecule has 0 radical (unpaired) electrons. The first-order chi connectivity index (χ1) is 7.81. The normalized spacial score (nSPS) is 15.4. The zero-order valence-corrected chi connectivity index (χ0v) is 11.7. The van der Waals surface area contributed by atoms with Crippen LogP contribution in [0.4, 0.5) is 0 Å². The van der Waals surface area contributed by atoms with E-state index in [-0.39, 0.29) is 0 Å². The van der Waals surface area contributed by atoms with E-state index in [0.717, 1.165) is 0 Å². The van der Waals surface area contributed by atoms with Crippen LogP contribution in [0.15, 0.2) is 0 Å². The van der Waals surface area contributed by atoms with E-state index in [1.165, 1.54) is 21.6 Å². The van der Waals surface area contributed by atoms with Gasteiger partial charge in [0.25, 0.3) is 0 Å². The van der Waals surface area contributed by atoms with Crippen molar-refractivity contribution in [2.24, 2.45) is 11.5 Å². The number of hydrogen-bond acceptors (Lipinski definition) is 7. The van der Waals surface area contributed by atoms with Gasteiger partial charge in [0, 0.05) is 0 Å². The van der Waals surface area contributed by atoms with Crippen LogP contribution in [0.25, 0.3) is 0 Å². The van der Waals surface area contributed by atoms with E-state index >= 15 is 0 Å². The molecule has 0 aliphatic heterocycles. The fourth-order valence-electron chi connectivity index (χ4n) is 0.622. The fourth-order valence-corrected chi connectivity index (χ4v) is 1.91. The van der Waals surface area contributed by atoms with Crippen LogP contribution in [0.5, 0.6) is 0 Å². The maximum atomic E-state index is 10.0. The average Bonchev–Trinajstić information content (AvgIpc) is 2.23. The summed E-state index contributed by atoms with van der Waals surface area (Å²) in [5, 5.41) is 25.5. The minimum atomic E-state index is -0.955. The molecule has 7 N–H and O–H groups in total. The molecule has 6 nitrogen and oxygen atoms in total. The minimum Gasteiger partial charge on any atom is -0.480 e. The topological polar surface area (TPSA) is 130 Å². The number of aliphatic hydroxyl groups excluding tert-OH is 2. The molecule has 104 valence electrons. The molecule has 0 fully saturated rings. The number of carboxylic acids is 1. The molecule has 0 saturated heterocycles. The molecule has 0 bridgehead atoms. The monoisotopic (exact) mass is 286 g/mol. The summed E-state index contributed by atoms with van der Waals surface area (Å²) in [6.07, 6.45) is 1.14. The summed E-state index contributed by atoms with van der Waals surface area (Å²) in [5.74, 6) is -0.955. The third kappa shape index (κ3) is 18.6. The zero-order valence-electron chi connectivity index (χ0n) is 10.1. The van der Waals surface area contributed by atoms with Crippen molar-refractivity contribution in [3.63, 3.8) is 0 Å². The molecular formula is C9H22N2O4S2. The van der Waals surface area contributed by atoms with Crippen LogP contribution < -0.4 is 11.5 Å². The number of aliphatic hydroxyl groups is 2. The van der Waals surface area contributed by atoms with Crippen LogP contribution in [-0.2, 0) is 4.79 Å². The van der Waals surface area contributed by atoms with E-state index in [4.69, 9.17) is 26.8 Å². The number of aliphatic carboxylic acids is 1. The van der Waals surface area contributed by atoms with Crippen LogP contribution in [0.3, 0.4) is 0 Å². The van der Waals surface area contributed by atoms with Crippen molar-refractivity contribution >= 4 is 27.6 Å². The Kier molecular flexibility index (Phi) is 14.2. The van der Waals surface area contributed by atoms with Gasteiger partial charge in [-0.2, -0.15) is 0 Å². The van der Waals surface area contributed by atoms with Gasteiger partial charge in [0.1, 0.15) is 16.9 Å². The Balaban J connectivity index is 0. The third-order valence-corrected chi connectivity index (χ3v) is 4.04. The van der Waals surface area contributed by atoms with Crippen molar-refractivity contribution in [1.82, 2.24) is 0 Å². The van der Waals surface area contributed by atoms with E-state index in [1.54, 1.807) is 13.8 Å². The minimum absolute atomic E-state index is 0.394. The first-order valence-electron chi connectivity index (χ1n) is 5.18. The SMILES string of the molecule is CC(O)SSC(C)O.NCCCC(N)C(=O)O. The van der Waals surface area contributed by atoms with Gasteiger partial charge in [0.2, 0.25) is 0 Å². The fraction of sp³-hybridized carbons (Fsp3) is 0.889. The Labute approximate surface area is 110 Å². The Morgan fingerprint density at radius 3 is 1.88 bits per heavy atom. The number of carbonyl (C=O) groups is 1. The summed E-state index contributed by atoms with van der Waals surface area (Å²) in [4.78, 5) is 10.0. The number of carboxylic acid groups (broad SMARTS) is 1. The molecule has 3 unspecified atom stereocenters. The maximum absolute atomic E-state index is 10.0. The van der Waals surface area contributed by atoms with E-state index in [2.05, 4.69) is 0 Å². The smallest absolute Gasteiger partial charge is 0.320 e. The molecule has 0 aromatic rings. The maximum Gasteiger partial charge on any atom is 0.320 e. The lowest BCUT2D eigenvalue weighted by molar-refractivity contribution is -0.138. The summed E-state index contributed by atoms with van der Waals surface area (Å²) in [5.41, 5.74) is 9.49. The second-order valence-electron chi connectivity index (χ2n) is 3.27. The number of hydrogen-bond donors (Lipinski definition) is 5. The Morgan fingerprint density at radius 1 is 1.24 bits per heavy atom. The first kappa shape index (κ1) is 19.4. The van der Waals surface area contributed by atoms with Gasteiger partial charge in [0.05, 0.1) is 0 Å². The summed E-state index contributed by atoms with van der Waals surface area (Å²) in [6, 6.07) is -0.742. The van der Waals surface area contributed by atoms with Crippen LogP contribution in [-0.4, -0.2) is 44.7 Å². The molecule has 8 heteroatoms. The van der Waals surface area contributed by atoms with Crippen molar-refractivity contribution in [2.45, 2.75) is 43.6 Å². The second kappa shape index (κ2) is 12.5. The van der Waals surface area contributed by atoms with Crippen molar-refractivity contribution < 1.29 is 20.1 Å². The quantitative estimate of drug-likeness (QED) is 0.331. The molecule has 0 aromatic heterocycles. The molecule has 0 rings (SSSR count). The van der Waals surface area contributed by atoms with E-state index in [1.807, 2.05) is 0 Å². The van der Waals surface area contributed by atoms with E-state index < -0.39 is 22.9 Å². The van der Waals surface area contributed by atoms with Gasteiger partial charge in [-0.1, -0.05) is 21.6 Å². The standard InChI is InChI=1S/C5H12N2O2.C4H10O2S2/c6-3-1-2-4(7)5(8)9;1-3(5)7-8-4(2)6/h4H,1-3,6-7H2,(H,8,9);3-6H,1-2H3. The summed E-state index contributed by atoms with van der Waals surface area (Å²) in [7, 11) is 2.52. The highest BCUT2D eigenvalue weighted by atomic mass is 33.1. The largest absolute Gasteiger partial charge is 0.480 e. The third-order valence-electron chi connectivity index (χ3n) is 1.37. The molecule has 0 spiro atoms. The highest BCUT2D eigenvalue weighted by molar-refractivity contribution is 8.77. The molecule has 0 heterocycles. The van der Waals surface area contributed by atoms with E-state index in [9.17, 15) is 4.79 Å². The van der Waals surface area contributed by atoms with Gasteiger partial charge in [-0.15, -0.1) is 0 Å². The Morgan fingerprint density at radius 2 is 1.65 bits per heavy atom.